The van der Waals surface area contributed by atoms with E-state index in [0.717, 1.165) is 0 Å². The smallest absolute Gasteiger partial charge is 0.496 e. The van der Waals surface area contributed by atoms with Crippen LogP contribution in [0.5, 0.6) is 5.75 Å². The van der Waals surface area contributed by atoms with E-state index >= 15 is 0 Å². The molecule has 1 aliphatic heterocycles. The second-order valence-corrected chi connectivity index (χ2v) is 5.75. The largest absolute Gasteiger partial charge is 0.506 e. The van der Waals surface area contributed by atoms with E-state index in [4.69, 9.17) is 14.0 Å². The van der Waals surface area contributed by atoms with Crippen molar-refractivity contribution in [2.75, 3.05) is 7.11 Å². The lowest BCUT2D eigenvalue weighted by molar-refractivity contribution is 0.00578. The normalized spacial score (nSPS) is 20.8. The van der Waals surface area contributed by atoms with Gasteiger partial charge in [0.05, 0.1) is 24.0 Å². The molecule has 1 fully saturated rings. The summed E-state index contributed by atoms with van der Waals surface area (Å²) >= 11 is 0. The van der Waals surface area contributed by atoms with Gasteiger partial charge in [-0.1, -0.05) is 0 Å². The SMILES string of the molecule is COCc1c(O)cncc1B1OC(C)(C)C(C)(C)O1. The molecule has 0 amide bonds. The highest BCUT2D eigenvalue weighted by molar-refractivity contribution is 6.62. The summed E-state index contributed by atoms with van der Waals surface area (Å²) in [6.45, 7) is 8.23. The van der Waals surface area contributed by atoms with Gasteiger partial charge in [-0.2, -0.15) is 0 Å². The van der Waals surface area contributed by atoms with Crippen LogP contribution in [0, 0.1) is 0 Å². The van der Waals surface area contributed by atoms with Gasteiger partial charge in [-0.05, 0) is 27.7 Å². The van der Waals surface area contributed by atoms with Crippen molar-refractivity contribution in [1.29, 1.82) is 0 Å². The molecule has 5 nitrogen and oxygen atoms in total. The molecule has 0 bridgehead atoms. The molecule has 0 radical (unpaired) electrons. The van der Waals surface area contributed by atoms with Crippen LogP contribution in [0.4, 0.5) is 0 Å². The van der Waals surface area contributed by atoms with Crippen molar-refractivity contribution in [3.63, 3.8) is 0 Å². The standard InChI is InChI=1S/C13H20BNO4/c1-12(2)13(3,4)19-14(18-12)10-6-15-7-11(16)9(10)8-17-5/h6-7,16H,8H2,1-5H3. The maximum Gasteiger partial charge on any atom is 0.496 e. The average molecular weight is 265 g/mol. The van der Waals surface area contributed by atoms with Crippen molar-refractivity contribution in [3.05, 3.63) is 18.0 Å². The molecule has 0 spiro atoms. The summed E-state index contributed by atoms with van der Waals surface area (Å²) in [4.78, 5) is 4.00. The van der Waals surface area contributed by atoms with E-state index in [1.807, 2.05) is 27.7 Å². The molecule has 1 N–H and O–H groups in total. The van der Waals surface area contributed by atoms with Crippen LogP contribution in [0.15, 0.2) is 12.4 Å². The molecule has 0 saturated carbocycles. The van der Waals surface area contributed by atoms with Crippen LogP contribution in [0.25, 0.3) is 0 Å². The predicted molar refractivity (Wildman–Crippen MR) is 72.3 cm³/mol. The highest BCUT2D eigenvalue weighted by Gasteiger charge is 2.52. The maximum atomic E-state index is 9.89. The Morgan fingerprint density at radius 2 is 1.79 bits per heavy atom. The van der Waals surface area contributed by atoms with Gasteiger partial charge in [-0.3, -0.25) is 4.98 Å². The van der Waals surface area contributed by atoms with E-state index in [1.165, 1.54) is 6.20 Å². The summed E-state index contributed by atoms with van der Waals surface area (Å²) in [6.07, 6.45) is 3.04. The van der Waals surface area contributed by atoms with Crippen molar-refractivity contribution < 1.29 is 19.2 Å². The molecule has 1 aromatic heterocycles. The van der Waals surface area contributed by atoms with Crippen LogP contribution in [-0.2, 0) is 20.7 Å². The molecule has 0 aromatic carbocycles. The average Bonchev–Trinajstić information content (AvgIpc) is 2.51. The summed E-state index contributed by atoms with van der Waals surface area (Å²) in [5.74, 6) is 0.0917. The molecule has 2 heterocycles. The zero-order valence-corrected chi connectivity index (χ0v) is 12.1. The van der Waals surface area contributed by atoms with Gasteiger partial charge in [-0.15, -0.1) is 0 Å². The van der Waals surface area contributed by atoms with E-state index in [2.05, 4.69) is 4.98 Å². The van der Waals surface area contributed by atoms with Gasteiger partial charge in [0.1, 0.15) is 5.75 Å². The Labute approximate surface area is 114 Å². The Balaban J connectivity index is 2.37. The van der Waals surface area contributed by atoms with Crippen molar-refractivity contribution in [2.24, 2.45) is 0 Å². The Hall–Kier alpha value is -1.11. The summed E-state index contributed by atoms with van der Waals surface area (Å²) in [7, 11) is 1.03. The van der Waals surface area contributed by atoms with Crippen molar-refractivity contribution in [1.82, 2.24) is 4.98 Å². The molecular formula is C13H20BNO4. The first-order valence-corrected chi connectivity index (χ1v) is 6.29. The molecule has 1 aromatic rings. The quantitative estimate of drug-likeness (QED) is 0.833. The number of ether oxygens (including phenoxy) is 1. The number of methoxy groups -OCH3 is 1. The number of hydrogen-bond donors (Lipinski definition) is 1. The van der Waals surface area contributed by atoms with Crippen LogP contribution in [0.1, 0.15) is 33.3 Å². The molecule has 0 aliphatic carbocycles. The number of aromatic hydroxyl groups is 1. The van der Waals surface area contributed by atoms with Crippen LogP contribution < -0.4 is 5.46 Å². The van der Waals surface area contributed by atoms with Crippen LogP contribution in [0.2, 0.25) is 0 Å². The molecule has 19 heavy (non-hydrogen) atoms. The fourth-order valence-electron chi connectivity index (χ4n) is 1.97. The lowest BCUT2D eigenvalue weighted by atomic mass is 9.77. The molecule has 6 heteroatoms. The summed E-state index contributed by atoms with van der Waals surface area (Å²) in [5, 5.41) is 9.89. The first-order valence-electron chi connectivity index (χ1n) is 6.29. The fraction of sp³-hybridized carbons (Fsp3) is 0.615. The van der Waals surface area contributed by atoms with Gasteiger partial charge in [-0.25, -0.2) is 0 Å². The number of rotatable bonds is 3. The van der Waals surface area contributed by atoms with Gasteiger partial charge in [0.25, 0.3) is 0 Å². The van der Waals surface area contributed by atoms with Gasteiger partial charge in [0.15, 0.2) is 0 Å². The Morgan fingerprint density at radius 1 is 1.21 bits per heavy atom. The van der Waals surface area contributed by atoms with E-state index in [1.54, 1.807) is 13.3 Å². The molecule has 0 atom stereocenters. The first-order chi connectivity index (χ1) is 8.78. The summed E-state index contributed by atoms with van der Waals surface area (Å²) in [5.41, 5.74) is 0.512. The minimum absolute atomic E-state index is 0.0917. The summed E-state index contributed by atoms with van der Waals surface area (Å²) < 4.78 is 17.0. The maximum absolute atomic E-state index is 9.89. The fourth-order valence-corrected chi connectivity index (χ4v) is 1.97. The minimum Gasteiger partial charge on any atom is -0.506 e. The van der Waals surface area contributed by atoms with Crippen LogP contribution >= 0.6 is 0 Å². The first kappa shape index (κ1) is 14.3. The van der Waals surface area contributed by atoms with E-state index in [0.29, 0.717) is 11.0 Å². The molecule has 1 saturated heterocycles. The Kier molecular flexibility index (Phi) is 3.60. The van der Waals surface area contributed by atoms with E-state index < -0.39 is 18.3 Å². The van der Waals surface area contributed by atoms with Gasteiger partial charge in [0, 0.05) is 24.3 Å². The highest BCUT2D eigenvalue weighted by Crippen LogP contribution is 2.37. The molecular weight excluding hydrogens is 245 g/mol. The van der Waals surface area contributed by atoms with Crippen molar-refractivity contribution in [2.45, 2.75) is 45.5 Å². The monoisotopic (exact) mass is 265 g/mol. The molecule has 1 aliphatic rings. The van der Waals surface area contributed by atoms with Gasteiger partial charge >= 0.3 is 7.12 Å². The zero-order chi connectivity index (χ0) is 14.3. The van der Waals surface area contributed by atoms with Crippen molar-refractivity contribution >= 4 is 12.6 Å². The third-order valence-electron chi connectivity index (χ3n) is 3.86. The van der Waals surface area contributed by atoms with Crippen LogP contribution in [-0.4, -0.2) is 35.5 Å². The number of pyridine rings is 1. The lowest BCUT2D eigenvalue weighted by Crippen LogP contribution is -2.41. The second-order valence-electron chi connectivity index (χ2n) is 5.75. The van der Waals surface area contributed by atoms with Gasteiger partial charge in [0.2, 0.25) is 0 Å². The number of nitrogens with zero attached hydrogens (tertiary/aromatic N) is 1. The molecule has 104 valence electrons. The van der Waals surface area contributed by atoms with Gasteiger partial charge < -0.3 is 19.2 Å². The number of aromatic nitrogens is 1. The van der Waals surface area contributed by atoms with Crippen LogP contribution in [0.3, 0.4) is 0 Å². The highest BCUT2D eigenvalue weighted by atomic mass is 16.7. The lowest BCUT2D eigenvalue weighted by Gasteiger charge is -2.32. The predicted octanol–water partition coefficient (Wildman–Crippen LogP) is 1.23. The minimum atomic E-state index is -0.547. The zero-order valence-electron chi connectivity index (χ0n) is 12.1. The Bertz CT molecular complexity index is 460. The van der Waals surface area contributed by atoms with Crippen molar-refractivity contribution in [3.8, 4) is 5.75 Å². The number of hydrogen-bond acceptors (Lipinski definition) is 5. The molecule has 0 unspecified atom stereocenters. The topological polar surface area (TPSA) is 60.8 Å². The Morgan fingerprint density at radius 3 is 2.32 bits per heavy atom. The third kappa shape index (κ3) is 2.48. The third-order valence-corrected chi connectivity index (χ3v) is 3.86. The second kappa shape index (κ2) is 4.78. The van der Waals surface area contributed by atoms with E-state index in [-0.39, 0.29) is 12.4 Å². The summed E-state index contributed by atoms with van der Waals surface area (Å²) in [6, 6.07) is 0. The molecule has 2 rings (SSSR count). The van der Waals surface area contributed by atoms with E-state index in [9.17, 15) is 5.11 Å².